The number of morpholine rings is 1. The maximum Gasteiger partial charge on any atom is 0.417 e. The number of benzene rings is 2. The minimum atomic E-state index is -4.66. The van der Waals surface area contributed by atoms with Crippen LogP contribution < -0.4 is 5.32 Å². The first-order valence-electron chi connectivity index (χ1n) is 8.45. The molecule has 0 saturated carbocycles. The molecule has 0 atom stereocenters. The molecular formula is C18H16ClF3N2O4S. The molecule has 1 aliphatic heterocycles. The molecule has 0 aliphatic carbocycles. The van der Waals surface area contributed by atoms with Crippen molar-refractivity contribution in [3.05, 3.63) is 58.6 Å². The van der Waals surface area contributed by atoms with Gasteiger partial charge in [-0.05, 0) is 42.5 Å². The topological polar surface area (TPSA) is 75.7 Å². The van der Waals surface area contributed by atoms with Crippen molar-refractivity contribution in [3.63, 3.8) is 0 Å². The van der Waals surface area contributed by atoms with E-state index in [1.807, 2.05) is 0 Å². The van der Waals surface area contributed by atoms with Crippen LogP contribution in [0.15, 0.2) is 47.4 Å². The fourth-order valence-corrected chi connectivity index (χ4v) is 4.37. The average molecular weight is 449 g/mol. The average Bonchev–Trinajstić information content (AvgIpc) is 2.69. The summed E-state index contributed by atoms with van der Waals surface area (Å²) >= 11 is 5.56. The van der Waals surface area contributed by atoms with E-state index in [1.54, 1.807) is 0 Å². The molecule has 1 fully saturated rings. The molecule has 1 saturated heterocycles. The van der Waals surface area contributed by atoms with Gasteiger partial charge >= 0.3 is 6.18 Å². The van der Waals surface area contributed by atoms with Crippen molar-refractivity contribution in [3.8, 4) is 0 Å². The normalized spacial score (nSPS) is 15.9. The molecule has 1 aliphatic rings. The minimum Gasteiger partial charge on any atom is -0.379 e. The van der Waals surface area contributed by atoms with E-state index in [2.05, 4.69) is 5.32 Å². The van der Waals surface area contributed by atoms with E-state index in [0.29, 0.717) is 13.2 Å². The minimum absolute atomic E-state index is 0.0156. The first-order valence-corrected chi connectivity index (χ1v) is 10.3. The second-order valence-corrected chi connectivity index (χ2v) is 8.53. The SMILES string of the molecule is O=C(Nc1ccc(Cl)c(C(F)(F)F)c1)c1ccc(S(=O)(=O)N2CCOCC2)cc1. The van der Waals surface area contributed by atoms with Gasteiger partial charge < -0.3 is 10.1 Å². The number of ether oxygens (including phenoxy) is 1. The number of sulfonamides is 1. The lowest BCUT2D eigenvalue weighted by Crippen LogP contribution is -2.40. The highest BCUT2D eigenvalue weighted by Gasteiger charge is 2.33. The number of nitrogens with zero attached hydrogens (tertiary/aromatic N) is 1. The molecule has 1 amide bonds. The molecule has 2 aromatic carbocycles. The van der Waals surface area contributed by atoms with Crippen LogP contribution in [0.5, 0.6) is 0 Å². The Morgan fingerprint density at radius 2 is 1.69 bits per heavy atom. The number of anilines is 1. The van der Waals surface area contributed by atoms with Crippen molar-refractivity contribution in [1.82, 2.24) is 4.31 Å². The number of nitrogens with one attached hydrogen (secondary N) is 1. The summed E-state index contributed by atoms with van der Waals surface area (Å²) in [4.78, 5) is 12.3. The van der Waals surface area contributed by atoms with Gasteiger partial charge in [-0.3, -0.25) is 4.79 Å². The monoisotopic (exact) mass is 448 g/mol. The van der Waals surface area contributed by atoms with Crippen molar-refractivity contribution in [1.29, 1.82) is 0 Å². The molecule has 1 N–H and O–H groups in total. The third kappa shape index (κ3) is 4.89. The van der Waals surface area contributed by atoms with E-state index in [0.717, 1.165) is 12.1 Å². The van der Waals surface area contributed by atoms with Crippen molar-refractivity contribution < 1.29 is 31.1 Å². The van der Waals surface area contributed by atoms with E-state index in [4.69, 9.17) is 16.3 Å². The Balaban J connectivity index is 1.76. The first kappa shape index (κ1) is 21.6. The Hall–Kier alpha value is -2.14. The van der Waals surface area contributed by atoms with Crippen LogP contribution in [0.2, 0.25) is 5.02 Å². The summed E-state index contributed by atoms with van der Waals surface area (Å²) < 4.78 is 70.4. The van der Waals surface area contributed by atoms with E-state index < -0.39 is 32.7 Å². The first-order chi connectivity index (χ1) is 13.6. The summed E-state index contributed by atoms with van der Waals surface area (Å²) in [6.45, 7) is 1.09. The molecule has 3 rings (SSSR count). The standard InChI is InChI=1S/C18H16ClF3N2O4S/c19-16-6-3-13(11-15(16)18(20,21)22)23-17(25)12-1-4-14(5-2-12)29(26,27)24-7-9-28-10-8-24/h1-6,11H,7-10H2,(H,23,25). The van der Waals surface area contributed by atoms with E-state index in [1.165, 1.54) is 34.6 Å². The lowest BCUT2D eigenvalue weighted by Gasteiger charge is -2.26. The molecule has 0 bridgehead atoms. The van der Waals surface area contributed by atoms with Crippen molar-refractivity contribution in [2.75, 3.05) is 31.6 Å². The zero-order valence-electron chi connectivity index (χ0n) is 14.9. The van der Waals surface area contributed by atoms with Gasteiger partial charge in [0.25, 0.3) is 5.91 Å². The number of carbonyl (C=O) groups excluding carboxylic acids is 1. The number of hydrogen-bond donors (Lipinski definition) is 1. The zero-order valence-corrected chi connectivity index (χ0v) is 16.4. The van der Waals surface area contributed by atoms with Crippen molar-refractivity contribution in [2.45, 2.75) is 11.1 Å². The van der Waals surface area contributed by atoms with Gasteiger partial charge in [0.2, 0.25) is 10.0 Å². The van der Waals surface area contributed by atoms with Crippen LogP contribution in [0.1, 0.15) is 15.9 Å². The molecular weight excluding hydrogens is 433 g/mol. The fourth-order valence-electron chi connectivity index (χ4n) is 2.74. The number of carbonyl (C=O) groups is 1. The molecule has 1 heterocycles. The van der Waals surface area contributed by atoms with Gasteiger partial charge in [-0.1, -0.05) is 11.6 Å². The smallest absolute Gasteiger partial charge is 0.379 e. The number of hydrogen-bond acceptors (Lipinski definition) is 4. The highest BCUT2D eigenvalue weighted by Crippen LogP contribution is 2.36. The summed E-state index contributed by atoms with van der Waals surface area (Å²) in [7, 11) is -3.71. The van der Waals surface area contributed by atoms with Crippen LogP contribution in [0, 0.1) is 0 Å². The molecule has 0 unspecified atom stereocenters. The summed E-state index contributed by atoms with van der Waals surface area (Å²) in [6.07, 6.45) is -4.66. The Morgan fingerprint density at radius 3 is 2.28 bits per heavy atom. The predicted molar refractivity (Wildman–Crippen MR) is 100 cm³/mol. The second kappa shape index (κ2) is 8.31. The van der Waals surface area contributed by atoms with Gasteiger partial charge in [-0.15, -0.1) is 0 Å². The van der Waals surface area contributed by atoms with Crippen LogP contribution >= 0.6 is 11.6 Å². The van der Waals surface area contributed by atoms with E-state index in [9.17, 15) is 26.4 Å². The third-order valence-corrected chi connectivity index (χ3v) is 6.50. The molecule has 156 valence electrons. The quantitative estimate of drug-likeness (QED) is 0.775. The molecule has 6 nitrogen and oxygen atoms in total. The van der Waals surface area contributed by atoms with Gasteiger partial charge in [0.15, 0.2) is 0 Å². The molecule has 0 aromatic heterocycles. The number of alkyl halides is 3. The number of amides is 1. The van der Waals surface area contributed by atoms with Gasteiger partial charge in [-0.2, -0.15) is 17.5 Å². The lowest BCUT2D eigenvalue weighted by molar-refractivity contribution is -0.137. The Labute approximate surface area is 170 Å². The highest BCUT2D eigenvalue weighted by atomic mass is 35.5. The van der Waals surface area contributed by atoms with E-state index in [-0.39, 0.29) is 29.2 Å². The third-order valence-electron chi connectivity index (χ3n) is 4.25. The van der Waals surface area contributed by atoms with Gasteiger partial charge in [-0.25, -0.2) is 8.42 Å². The summed E-state index contributed by atoms with van der Waals surface area (Å²) in [5.74, 6) is -0.684. The fraction of sp³-hybridized carbons (Fsp3) is 0.278. The molecule has 29 heavy (non-hydrogen) atoms. The van der Waals surface area contributed by atoms with Crippen LogP contribution in [0.4, 0.5) is 18.9 Å². The van der Waals surface area contributed by atoms with Crippen LogP contribution in [0.25, 0.3) is 0 Å². The Bertz CT molecular complexity index is 1000. The van der Waals surface area contributed by atoms with Crippen molar-refractivity contribution >= 4 is 33.2 Å². The van der Waals surface area contributed by atoms with Gasteiger partial charge in [0.05, 0.1) is 28.7 Å². The Kier molecular flexibility index (Phi) is 6.18. The van der Waals surface area contributed by atoms with Crippen LogP contribution in [0.3, 0.4) is 0 Å². The Morgan fingerprint density at radius 1 is 1.07 bits per heavy atom. The molecule has 0 radical (unpaired) electrons. The maximum absolute atomic E-state index is 12.9. The summed E-state index contributed by atoms with van der Waals surface area (Å²) in [5, 5.41) is 1.87. The van der Waals surface area contributed by atoms with Crippen LogP contribution in [-0.2, 0) is 20.9 Å². The summed E-state index contributed by atoms with van der Waals surface area (Å²) in [5.41, 5.74) is -1.06. The van der Waals surface area contributed by atoms with Gasteiger partial charge in [0.1, 0.15) is 0 Å². The van der Waals surface area contributed by atoms with Crippen LogP contribution in [-0.4, -0.2) is 44.9 Å². The molecule has 2 aromatic rings. The van der Waals surface area contributed by atoms with E-state index >= 15 is 0 Å². The largest absolute Gasteiger partial charge is 0.417 e. The number of rotatable bonds is 4. The van der Waals surface area contributed by atoms with Gasteiger partial charge in [0, 0.05) is 24.3 Å². The second-order valence-electron chi connectivity index (χ2n) is 6.19. The zero-order chi connectivity index (χ0) is 21.2. The summed E-state index contributed by atoms with van der Waals surface area (Å²) in [6, 6.07) is 8.17. The molecule has 0 spiro atoms. The maximum atomic E-state index is 12.9. The molecule has 11 heteroatoms. The number of halogens is 4. The highest BCUT2D eigenvalue weighted by molar-refractivity contribution is 7.89. The predicted octanol–water partition coefficient (Wildman–Crippen LogP) is 3.63. The van der Waals surface area contributed by atoms with Crippen molar-refractivity contribution in [2.24, 2.45) is 0 Å². The lowest BCUT2D eigenvalue weighted by atomic mass is 10.1.